The standard InChI is InChI=1S/C16H21F3N4O/c17-16(18,19)14-5-8-23(9-6-14)7-4-12-2-1-3-13(10-12)11-21-22-15(20)24/h1-3,10-11,14H,4-9H2,(H3,20,22,24). The van der Waals surface area contributed by atoms with Crippen LogP contribution in [0.3, 0.4) is 0 Å². The molecule has 0 bridgehead atoms. The predicted molar refractivity (Wildman–Crippen MR) is 85.7 cm³/mol. The number of benzene rings is 1. The molecule has 132 valence electrons. The SMILES string of the molecule is NC(=O)NN=Cc1cccc(CCN2CCC(C(F)(F)F)CC2)c1. The number of piperidine rings is 1. The fraction of sp³-hybridized carbons (Fsp3) is 0.500. The first-order valence-corrected chi connectivity index (χ1v) is 7.81. The van der Waals surface area contributed by atoms with E-state index in [1.54, 1.807) is 0 Å². The van der Waals surface area contributed by atoms with Crippen molar-refractivity contribution in [2.24, 2.45) is 16.8 Å². The van der Waals surface area contributed by atoms with E-state index in [1.165, 1.54) is 6.21 Å². The van der Waals surface area contributed by atoms with Crippen LogP contribution in [0.4, 0.5) is 18.0 Å². The lowest BCUT2D eigenvalue weighted by Crippen LogP contribution is -2.39. The molecular weight excluding hydrogens is 321 g/mol. The molecule has 0 saturated carbocycles. The van der Waals surface area contributed by atoms with Crippen LogP contribution >= 0.6 is 0 Å². The Balaban J connectivity index is 1.81. The van der Waals surface area contributed by atoms with E-state index in [-0.39, 0.29) is 12.8 Å². The predicted octanol–water partition coefficient (Wildman–Crippen LogP) is 2.51. The third-order valence-electron chi connectivity index (χ3n) is 4.11. The lowest BCUT2D eigenvalue weighted by Gasteiger charge is -2.32. The van der Waals surface area contributed by atoms with Gasteiger partial charge in [-0.15, -0.1) is 0 Å². The summed E-state index contributed by atoms with van der Waals surface area (Å²) >= 11 is 0. The number of nitrogens with two attached hydrogens (primary N) is 1. The summed E-state index contributed by atoms with van der Waals surface area (Å²) in [6.07, 6.45) is -1.48. The van der Waals surface area contributed by atoms with Crippen molar-refractivity contribution >= 4 is 12.2 Å². The molecular formula is C16H21F3N4O. The summed E-state index contributed by atoms with van der Waals surface area (Å²) in [5.41, 5.74) is 8.92. The zero-order valence-electron chi connectivity index (χ0n) is 13.2. The van der Waals surface area contributed by atoms with Crippen LogP contribution in [-0.4, -0.2) is 43.0 Å². The molecule has 1 aromatic rings. The van der Waals surface area contributed by atoms with Gasteiger partial charge in [0.1, 0.15) is 0 Å². The van der Waals surface area contributed by atoms with Crippen molar-refractivity contribution in [1.82, 2.24) is 10.3 Å². The number of nitrogens with one attached hydrogen (secondary N) is 1. The Labute approximate surface area is 138 Å². The number of halogens is 3. The molecule has 0 aliphatic carbocycles. The first-order valence-electron chi connectivity index (χ1n) is 7.81. The second-order valence-corrected chi connectivity index (χ2v) is 5.89. The van der Waals surface area contributed by atoms with E-state index in [0.717, 1.165) is 24.1 Å². The number of likely N-dealkylation sites (tertiary alicyclic amines) is 1. The van der Waals surface area contributed by atoms with Crippen molar-refractivity contribution in [2.45, 2.75) is 25.4 Å². The molecule has 0 unspecified atom stereocenters. The second-order valence-electron chi connectivity index (χ2n) is 5.89. The number of amides is 2. The maximum atomic E-state index is 12.7. The quantitative estimate of drug-likeness (QED) is 0.638. The topological polar surface area (TPSA) is 70.7 Å². The van der Waals surface area contributed by atoms with Crippen LogP contribution in [0.1, 0.15) is 24.0 Å². The Morgan fingerprint density at radius 2 is 2.08 bits per heavy atom. The summed E-state index contributed by atoms with van der Waals surface area (Å²) < 4.78 is 38.0. The minimum Gasteiger partial charge on any atom is -0.350 e. The maximum absolute atomic E-state index is 12.7. The van der Waals surface area contributed by atoms with Crippen molar-refractivity contribution < 1.29 is 18.0 Å². The van der Waals surface area contributed by atoms with Gasteiger partial charge in [0, 0.05) is 6.54 Å². The highest BCUT2D eigenvalue weighted by Crippen LogP contribution is 2.34. The van der Waals surface area contributed by atoms with Gasteiger partial charge in [0.2, 0.25) is 0 Å². The van der Waals surface area contributed by atoms with Gasteiger partial charge in [-0.1, -0.05) is 24.3 Å². The van der Waals surface area contributed by atoms with Gasteiger partial charge in [-0.2, -0.15) is 18.3 Å². The third-order valence-corrected chi connectivity index (χ3v) is 4.11. The number of hydrogen-bond acceptors (Lipinski definition) is 3. The van der Waals surface area contributed by atoms with Crippen LogP contribution in [-0.2, 0) is 6.42 Å². The molecule has 5 nitrogen and oxygen atoms in total. The third kappa shape index (κ3) is 5.84. The summed E-state index contributed by atoms with van der Waals surface area (Å²) in [5, 5.41) is 3.70. The molecule has 0 atom stereocenters. The van der Waals surface area contributed by atoms with E-state index in [9.17, 15) is 18.0 Å². The van der Waals surface area contributed by atoms with E-state index in [1.807, 2.05) is 24.3 Å². The summed E-state index contributed by atoms with van der Waals surface area (Å²) in [4.78, 5) is 12.6. The molecule has 1 aliphatic rings. The van der Waals surface area contributed by atoms with Gasteiger partial charge in [-0.05, 0) is 43.5 Å². The highest BCUT2D eigenvalue weighted by atomic mass is 19.4. The molecule has 1 aromatic carbocycles. The lowest BCUT2D eigenvalue weighted by molar-refractivity contribution is -0.185. The molecule has 1 heterocycles. The van der Waals surface area contributed by atoms with Crippen LogP contribution in [0, 0.1) is 5.92 Å². The Hall–Kier alpha value is -2.09. The van der Waals surface area contributed by atoms with E-state index in [2.05, 4.69) is 15.4 Å². The van der Waals surface area contributed by atoms with E-state index in [0.29, 0.717) is 13.1 Å². The molecule has 1 fully saturated rings. The van der Waals surface area contributed by atoms with Crippen LogP contribution in [0.15, 0.2) is 29.4 Å². The molecule has 2 rings (SSSR count). The zero-order chi connectivity index (χ0) is 17.6. The van der Waals surface area contributed by atoms with Crippen molar-refractivity contribution in [2.75, 3.05) is 19.6 Å². The molecule has 1 saturated heterocycles. The highest BCUT2D eigenvalue weighted by molar-refractivity contribution is 5.81. The van der Waals surface area contributed by atoms with Gasteiger partial charge in [-0.25, -0.2) is 10.2 Å². The zero-order valence-corrected chi connectivity index (χ0v) is 13.2. The van der Waals surface area contributed by atoms with Gasteiger partial charge in [-0.3, -0.25) is 0 Å². The number of primary amides is 1. The van der Waals surface area contributed by atoms with Gasteiger partial charge in [0.25, 0.3) is 0 Å². The van der Waals surface area contributed by atoms with Crippen LogP contribution in [0.2, 0.25) is 0 Å². The number of nitrogens with zero attached hydrogens (tertiary/aromatic N) is 2. The summed E-state index contributed by atoms with van der Waals surface area (Å²) in [6, 6.07) is 6.86. The minimum atomic E-state index is -4.07. The maximum Gasteiger partial charge on any atom is 0.391 e. The van der Waals surface area contributed by atoms with Crippen molar-refractivity contribution in [3.8, 4) is 0 Å². The molecule has 24 heavy (non-hydrogen) atoms. The van der Waals surface area contributed by atoms with Gasteiger partial charge in [0.05, 0.1) is 12.1 Å². The summed E-state index contributed by atoms with van der Waals surface area (Å²) in [5.74, 6) is -1.16. The number of alkyl halides is 3. The summed E-state index contributed by atoms with van der Waals surface area (Å²) in [7, 11) is 0. The molecule has 1 aliphatic heterocycles. The molecule has 0 aromatic heterocycles. The van der Waals surface area contributed by atoms with Gasteiger partial charge < -0.3 is 10.6 Å². The Bertz CT molecular complexity index is 581. The minimum absolute atomic E-state index is 0.176. The monoisotopic (exact) mass is 342 g/mol. The number of rotatable bonds is 5. The van der Waals surface area contributed by atoms with Crippen molar-refractivity contribution in [3.63, 3.8) is 0 Å². The van der Waals surface area contributed by atoms with E-state index in [4.69, 9.17) is 5.73 Å². The number of hydrazone groups is 1. The van der Waals surface area contributed by atoms with Crippen LogP contribution in [0.5, 0.6) is 0 Å². The molecule has 3 N–H and O–H groups in total. The fourth-order valence-corrected chi connectivity index (χ4v) is 2.77. The van der Waals surface area contributed by atoms with Gasteiger partial charge in [0.15, 0.2) is 0 Å². The van der Waals surface area contributed by atoms with E-state index < -0.39 is 18.1 Å². The number of urea groups is 1. The number of carbonyl (C=O) groups excluding carboxylic acids is 1. The smallest absolute Gasteiger partial charge is 0.350 e. The largest absolute Gasteiger partial charge is 0.391 e. The summed E-state index contributed by atoms with van der Waals surface area (Å²) in [6.45, 7) is 1.69. The van der Waals surface area contributed by atoms with Crippen LogP contribution < -0.4 is 11.2 Å². The molecule has 0 radical (unpaired) electrons. The van der Waals surface area contributed by atoms with Crippen LogP contribution in [0.25, 0.3) is 0 Å². The Morgan fingerprint density at radius 1 is 1.38 bits per heavy atom. The molecule has 8 heteroatoms. The first kappa shape index (κ1) is 18.3. The number of carbonyl (C=O) groups is 1. The normalized spacial score (nSPS) is 17.3. The van der Waals surface area contributed by atoms with Crippen molar-refractivity contribution in [1.29, 1.82) is 0 Å². The van der Waals surface area contributed by atoms with Crippen molar-refractivity contribution in [3.05, 3.63) is 35.4 Å². The number of hydrogen-bond donors (Lipinski definition) is 2. The second kappa shape index (κ2) is 8.14. The lowest BCUT2D eigenvalue weighted by atomic mass is 9.96. The average Bonchev–Trinajstić information content (AvgIpc) is 2.52. The molecule has 2 amide bonds. The Morgan fingerprint density at radius 3 is 2.71 bits per heavy atom. The first-order chi connectivity index (χ1) is 11.3. The molecule has 0 spiro atoms. The average molecular weight is 342 g/mol. The van der Waals surface area contributed by atoms with Gasteiger partial charge >= 0.3 is 12.2 Å². The van der Waals surface area contributed by atoms with E-state index >= 15 is 0 Å². The highest BCUT2D eigenvalue weighted by Gasteiger charge is 2.40. The fourth-order valence-electron chi connectivity index (χ4n) is 2.77. The Kier molecular flexibility index (Phi) is 6.19.